The molecule has 1 fully saturated rings. The number of nitrogens with one attached hydrogen (secondary N) is 1. The summed E-state index contributed by atoms with van der Waals surface area (Å²) in [5.74, 6) is -0.0250. The number of hydrogen-bond donors (Lipinski definition) is 1. The van der Waals surface area contributed by atoms with Crippen LogP contribution in [0, 0.1) is 0 Å². The Morgan fingerprint density at radius 3 is 2.72 bits per heavy atom. The normalized spacial score (nSPS) is 18.9. The van der Waals surface area contributed by atoms with Gasteiger partial charge in [-0.3, -0.25) is 14.7 Å². The summed E-state index contributed by atoms with van der Waals surface area (Å²) in [4.78, 5) is 19.1. The third kappa shape index (κ3) is 6.85. The fourth-order valence-corrected chi connectivity index (χ4v) is 3.82. The van der Waals surface area contributed by atoms with Gasteiger partial charge in [-0.05, 0) is 29.2 Å². The summed E-state index contributed by atoms with van der Waals surface area (Å²) in [6.07, 6.45) is 9.53. The minimum Gasteiger partial charge on any atom is -0.379 e. The molecule has 168 valence electrons. The molecule has 6 heteroatoms. The highest BCUT2D eigenvalue weighted by Gasteiger charge is 2.14. The van der Waals surface area contributed by atoms with E-state index in [4.69, 9.17) is 9.47 Å². The van der Waals surface area contributed by atoms with Crippen molar-refractivity contribution in [3.05, 3.63) is 83.7 Å². The summed E-state index contributed by atoms with van der Waals surface area (Å²) in [7, 11) is 0. The van der Waals surface area contributed by atoms with Gasteiger partial charge in [-0.15, -0.1) is 0 Å². The molecule has 1 unspecified atom stereocenters. The smallest absolute Gasteiger partial charge is 0.226 e. The molecule has 1 N–H and O–H groups in total. The predicted molar refractivity (Wildman–Crippen MR) is 125 cm³/mol. The quantitative estimate of drug-likeness (QED) is 0.659. The number of amides is 1. The summed E-state index contributed by atoms with van der Waals surface area (Å²) >= 11 is 0. The second kappa shape index (κ2) is 11.7. The van der Waals surface area contributed by atoms with Crippen LogP contribution < -0.4 is 5.32 Å². The van der Waals surface area contributed by atoms with Crippen LogP contribution in [0.4, 0.5) is 0 Å². The maximum Gasteiger partial charge on any atom is 0.226 e. The van der Waals surface area contributed by atoms with Crippen LogP contribution >= 0.6 is 0 Å². The zero-order valence-electron chi connectivity index (χ0n) is 18.4. The maximum atomic E-state index is 12.2. The van der Waals surface area contributed by atoms with Gasteiger partial charge < -0.3 is 14.8 Å². The summed E-state index contributed by atoms with van der Waals surface area (Å²) in [5.41, 5.74) is 4.06. The largest absolute Gasteiger partial charge is 0.379 e. The molecule has 1 amide bonds. The average molecular weight is 434 g/mol. The monoisotopic (exact) mass is 433 g/mol. The van der Waals surface area contributed by atoms with E-state index in [1.54, 1.807) is 0 Å². The highest BCUT2D eigenvalue weighted by Crippen LogP contribution is 2.22. The number of morpholine rings is 1. The van der Waals surface area contributed by atoms with Gasteiger partial charge in [0.2, 0.25) is 5.91 Å². The molecule has 1 aromatic carbocycles. The second-order valence-electron chi connectivity index (χ2n) is 8.09. The minimum atomic E-state index is -0.0250. The number of nitrogens with zero attached hydrogens (tertiary/aromatic N) is 2. The van der Waals surface area contributed by atoms with E-state index < -0.39 is 0 Å². The van der Waals surface area contributed by atoms with E-state index in [-0.39, 0.29) is 18.4 Å². The molecular formula is C26H31N3O3. The first-order chi connectivity index (χ1) is 15.8. The number of hydrogen-bond acceptors (Lipinski definition) is 5. The first-order valence-corrected chi connectivity index (χ1v) is 11.3. The third-order valence-electron chi connectivity index (χ3n) is 5.74. The van der Waals surface area contributed by atoms with Gasteiger partial charge in [0.1, 0.15) is 0 Å². The molecule has 2 heterocycles. The number of rotatable bonds is 9. The van der Waals surface area contributed by atoms with Crippen LogP contribution in [0.25, 0.3) is 5.57 Å². The van der Waals surface area contributed by atoms with Gasteiger partial charge in [-0.2, -0.15) is 0 Å². The van der Waals surface area contributed by atoms with Crippen LogP contribution in [0.5, 0.6) is 0 Å². The zero-order chi connectivity index (χ0) is 22.0. The molecule has 1 aliphatic carbocycles. The minimum absolute atomic E-state index is 0.0250. The van der Waals surface area contributed by atoms with Crippen LogP contribution in [-0.4, -0.2) is 61.3 Å². The van der Waals surface area contributed by atoms with Crippen molar-refractivity contribution in [2.24, 2.45) is 0 Å². The first-order valence-electron chi connectivity index (χ1n) is 11.3. The van der Waals surface area contributed by atoms with Crippen LogP contribution in [0.3, 0.4) is 0 Å². The van der Waals surface area contributed by atoms with Gasteiger partial charge in [0.05, 0.1) is 32.3 Å². The van der Waals surface area contributed by atoms with E-state index in [0.717, 1.165) is 68.3 Å². The SMILES string of the molecule is O=C(Cc1ccc(C2=CCC(OCCN3CCOCC3)C=C2)cn1)NCc1ccccc1. The van der Waals surface area contributed by atoms with Crippen molar-refractivity contribution in [3.8, 4) is 0 Å². The van der Waals surface area contributed by atoms with Crippen LogP contribution in [0.15, 0.2) is 66.9 Å². The molecule has 1 saturated heterocycles. The second-order valence-corrected chi connectivity index (χ2v) is 8.09. The number of ether oxygens (including phenoxy) is 2. The Morgan fingerprint density at radius 2 is 2.00 bits per heavy atom. The fraction of sp³-hybridized carbons (Fsp3) is 0.385. The molecular weight excluding hydrogens is 402 g/mol. The number of carbonyl (C=O) groups is 1. The molecule has 1 aromatic heterocycles. The zero-order valence-corrected chi connectivity index (χ0v) is 18.4. The van der Waals surface area contributed by atoms with Crippen LogP contribution in [0.2, 0.25) is 0 Å². The van der Waals surface area contributed by atoms with Crippen molar-refractivity contribution in [2.75, 3.05) is 39.5 Å². The van der Waals surface area contributed by atoms with Gasteiger partial charge in [0, 0.05) is 38.1 Å². The molecule has 2 aliphatic rings. The Kier molecular flexibility index (Phi) is 8.20. The topological polar surface area (TPSA) is 63.7 Å². The average Bonchev–Trinajstić information content (AvgIpc) is 2.85. The van der Waals surface area contributed by atoms with Gasteiger partial charge in [-0.25, -0.2) is 0 Å². The highest BCUT2D eigenvalue weighted by atomic mass is 16.5. The van der Waals surface area contributed by atoms with Crippen molar-refractivity contribution in [1.29, 1.82) is 0 Å². The van der Waals surface area contributed by atoms with Gasteiger partial charge in [-0.1, -0.05) is 54.6 Å². The van der Waals surface area contributed by atoms with Crippen molar-refractivity contribution < 1.29 is 14.3 Å². The van der Waals surface area contributed by atoms with E-state index in [1.807, 2.05) is 48.7 Å². The molecule has 32 heavy (non-hydrogen) atoms. The molecule has 0 spiro atoms. The summed E-state index contributed by atoms with van der Waals surface area (Å²) in [6.45, 7) is 5.85. The highest BCUT2D eigenvalue weighted by molar-refractivity contribution is 5.78. The molecule has 1 atom stereocenters. The van der Waals surface area contributed by atoms with Crippen molar-refractivity contribution in [2.45, 2.75) is 25.5 Å². The maximum absolute atomic E-state index is 12.2. The molecule has 0 bridgehead atoms. The van der Waals surface area contributed by atoms with E-state index >= 15 is 0 Å². The Morgan fingerprint density at radius 1 is 1.16 bits per heavy atom. The summed E-state index contributed by atoms with van der Waals surface area (Å²) in [5, 5.41) is 2.94. The van der Waals surface area contributed by atoms with E-state index in [1.165, 1.54) is 0 Å². The predicted octanol–water partition coefficient (Wildman–Crippen LogP) is 3.00. The fourth-order valence-electron chi connectivity index (χ4n) is 3.82. The van der Waals surface area contributed by atoms with E-state index in [9.17, 15) is 4.79 Å². The Labute approximate surface area is 189 Å². The summed E-state index contributed by atoms with van der Waals surface area (Å²) < 4.78 is 11.4. The molecule has 2 aromatic rings. The molecule has 4 rings (SSSR count). The lowest BCUT2D eigenvalue weighted by atomic mass is 9.99. The third-order valence-corrected chi connectivity index (χ3v) is 5.74. The lowest BCUT2D eigenvalue weighted by Crippen LogP contribution is -2.38. The molecule has 0 saturated carbocycles. The van der Waals surface area contributed by atoms with Crippen molar-refractivity contribution >= 4 is 11.5 Å². The molecule has 6 nitrogen and oxygen atoms in total. The number of allylic oxidation sites excluding steroid dienone is 2. The first kappa shape index (κ1) is 22.4. The van der Waals surface area contributed by atoms with E-state index in [2.05, 4.69) is 33.4 Å². The number of carbonyl (C=O) groups excluding carboxylic acids is 1. The lowest BCUT2D eigenvalue weighted by Gasteiger charge is -2.27. The van der Waals surface area contributed by atoms with Crippen molar-refractivity contribution in [3.63, 3.8) is 0 Å². The number of aromatic nitrogens is 1. The van der Waals surface area contributed by atoms with E-state index in [0.29, 0.717) is 6.54 Å². The van der Waals surface area contributed by atoms with Crippen LogP contribution in [0.1, 0.15) is 23.2 Å². The Bertz CT molecular complexity index is 919. The lowest BCUT2D eigenvalue weighted by molar-refractivity contribution is -0.120. The number of benzene rings is 1. The molecule has 0 radical (unpaired) electrons. The van der Waals surface area contributed by atoms with Crippen molar-refractivity contribution in [1.82, 2.24) is 15.2 Å². The van der Waals surface area contributed by atoms with Gasteiger partial charge in [0.25, 0.3) is 0 Å². The Balaban J connectivity index is 1.19. The summed E-state index contributed by atoms with van der Waals surface area (Å²) in [6, 6.07) is 13.9. The van der Waals surface area contributed by atoms with Crippen LogP contribution in [-0.2, 0) is 27.2 Å². The Hall–Kier alpha value is -2.80. The van der Waals surface area contributed by atoms with Gasteiger partial charge >= 0.3 is 0 Å². The standard InChI is InChI=1S/C26H31N3O3/c30-26(28-19-21-4-2-1-3-5-21)18-24-9-6-23(20-27-24)22-7-10-25(11-8-22)32-17-14-29-12-15-31-16-13-29/h1-10,20,25H,11-19H2,(H,28,30). The number of pyridine rings is 1. The van der Waals surface area contributed by atoms with Gasteiger partial charge in [0.15, 0.2) is 0 Å². The molecule has 1 aliphatic heterocycles.